The Morgan fingerprint density at radius 3 is 2.50 bits per heavy atom. The number of benzene rings is 2. The van der Waals surface area contributed by atoms with Gasteiger partial charge < -0.3 is 15.0 Å². The lowest BCUT2D eigenvalue weighted by molar-refractivity contribution is 0.118. The average Bonchev–Trinajstić information content (AvgIpc) is 2.60. The largest absolute Gasteiger partial charge is 0.377 e. The van der Waals surface area contributed by atoms with E-state index in [0.29, 0.717) is 31.3 Å². The van der Waals surface area contributed by atoms with Crippen molar-refractivity contribution in [3.05, 3.63) is 70.7 Å². The van der Waals surface area contributed by atoms with Gasteiger partial charge in [0.25, 0.3) is 0 Å². The molecule has 4 nitrogen and oxygen atoms in total. The molecule has 0 bridgehead atoms. The van der Waals surface area contributed by atoms with E-state index in [2.05, 4.69) is 5.32 Å². The van der Waals surface area contributed by atoms with Gasteiger partial charge in [-0.2, -0.15) is 0 Å². The van der Waals surface area contributed by atoms with Crippen LogP contribution >= 0.6 is 11.6 Å². The first-order valence-electron chi connectivity index (χ1n) is 8.00. The number of ether oxygens (including phenoxy) is 1. The molecule has 2 aromatic rings. The third-order valence-corrected chi connectivity index (χ3v) is 3.78. The summed E-state index contributed by atoms with van der Waals surface area (Å²) >= 11 is 5.86. The van der Waals surface area contributed by atoms with E-state index in [1.165, 1.54) is 0 Å². The van der Waals surface area contributed by atoms with Gasteiger partial charge >= 0.3 is 6.03 Å². The normalized spacial score (nSPS) is 10.4. The molecule has 1 N–H and O–H groups in total. The van der Waals surface area contributed by atoms with E-state index >= 15 is 0 Å². The van der Waals surface area contributed by atoms with E-state index in [0.717, 1.165) is 17.5 Å². The smallest absolute Gasteiger partial charge is 0.317 e. The van der Waals surface area contributed by atoms with Crippen LogP contribution in [0.15, 0.2) is 54.6 Å². The Hall–Kier alpha value is -2.04. The fraction of sp³-hybridized carbons (Fsp3) is 0.316. The Bertz CT molecular complexity index is 617. The standard InChI is InChI=1S/C19H23ClN2O2/c1-22(14-16-8-10-18(20)11-9-16)19(23)21-12-5-13-24-15-17-6-3-2-4-7-17/h2-4,6-11H,5,12-15H2,1H3,(H,21,23). The summed E-state index contributed by atoms with van der Waals surface area (Å²) in [6.07, 6.45) is 0.785. The molecule has 2 aromatic carbocycles. The number of carbonyl (C=O) groups is 1. The first kappa shape index (κ1) is 18.3. The molecule has 0 radical (unpaired) electrons. The zero-order valence-electron chi connectivity index (χ0n) is 13.9. The fourth-order valence-electron chi connectivity index (χ4n) is 2.20. The van der Waals surface area contributed by atoms with Crippen LogP contribution in [0.25, 0.3) is 0 Å². The van der Waals surface area contributed by atoms with Crippen molar-refractivity contribution >= 4 is 17.6 Å². The topological polar surface area (TPSA) is 41.6 Å². The lowest BCUT2D eigenvalue weighted by Gasteiger charge is -2.18. The molecule has 128 valence electrons. The van der Waals surface area contributed by atoms with Gasteiger partial charge in [0.2, 0.25) is 0 Å². The van der Waals surface area contributed by atoms with Crippen LogP contribution in [-0.2, 0) is 17.9 Å². The van der Waals surface area contributed by atoms with E-state index in [1.807, 2.05) is 54.6 Å². The molecule has 0 aromatic heterocycles. The summed E-state index contributed by atoms with van der Waals surface area (Å²) in [5, 5.41) is 3.59. The predicted molar refractivity (Wildman–Crippen MR) is 97.0 cm³/mol. The highest BCUT2D eigenvalue weighted by Gasteiger charge is 2.08. The number of nitrogens with one attached hydrogen (secondary N) is 1. The van der Waals surface area contributed by atoms with E-state index in [4.69, 9.17) is 16.3 Å². The molecule has 0 aliphatic rings. The van der Waals surface area contributed by atoms with Gasteiger partial charge in [-0.05, 0) is 29.7 Å². The minimum absolute atomic E-state index is 0.0898. The Labute approximate surface area is 148 Å². The average molecular weight is 347 g/mol. The van der Waals surface area contributed by atoms with E-state index in [9.17, 15) is 4.79 Å². The quantitative estimate of drug-likeness (QED) is 0.731. The Kier molecular flexibility index (Phi) is 7.59. The zero-order valence-corrected chi connectivity index (χ0v) is 14.6. The second-order valence-electron chi connectivity index (χ2n) is 5.61. The number of carbonyl (C=O) groups excluding carboxylic acids is 1. The molecule has 0 aliphatic carbocycles. The van der Waals surface area contributed by atoms with Crippen LogP contribution in [0, 0.1) is 0 Å². The summed E-state index contributed by atoms with van der Waals surface area (Å²) < 4.78 is 5.59. The zero-order chi connectivity index (χ0) is 17.2. The Morgan fingerprint density at radius 1 is 1.08 bits per heavy atom. The summed E-state index contributed by atoms with van der Waals surface area (Å²) in [5.74, 6) is 0. The number of hydrogen-bond acceptors (Lipinski definition) is 2. The number of hydrogen-bond donors (Lipinski definition) is 1. The lowest BCUT2D eigenvalue weighted by atomic mass is 10.2. The Morgan fingerprint density at radius 2 is 1.79 bits per heavy atom. The third kappa shape index (κ3) is 6.60. The van der Waals surface area contributed by atoms with Crippen molar-refractivity contribution in [2.24, 2.45) is 0 Å². The minimum Gasteiger partial charge on any atom is -0.377 e. The first-order chi connectivity index (χ1) is 11.6. The maximum atomic E-state index is 12.0. The minimum atomic E-state index is -0.0898. The molecule has 2 rings (SSSR count). The van der Waals surface area contributed by atoms with Crippen LogP contribution in [0.5, 0.6) is 0 Å². The molecular formula is C19H23ClN2O2. The molecule has 0 fully saturated rings. The summed E-state index contributed by atoms with van der Waals surface area (Å²) in [6.45, 7) is 2.37. The van der Waals surface area contributed by atoms with Gasteiger partial charge in [-0.1, -0.05) is 54.1 Å². The van der Waals surface area contributed by atoms with Crippen LogP contribution in [-0.4, -0.2) is 31.1 Å². The van der Waals surface area contributed by atoms with Crippen molar-refractivity contribution in [2.45, 2.75) is 19.6 Å². The first-order valence-corrected chi connectivity index (χ1v) is 8.38. The molecule has 0 heterocycles. The summed E-state index contributed by atoms with van der Waals surface area (Å²) in [6, 6.07) is 17.4. The second-order valence-corrected chi connectivity index (χ2v) is 6.04. The van der Waals surface area contributed by atoms with E-state index < -0.39 is 0 Å². The molecule has 2 amide bonds. The summed E-state index contributed by atoms with van der Waals surface area (Å²) in [4.78, 5) is 13.7. The van der Waals surface area contributed by atoms with Crippen LogP contribution < -0.4 is 5.32 Å². The number of halogens is 1. The van der Waals surface area contributed by atoms with Crippen molar-refractivity contribution in [1.82, 2.24) is 10.2 Å². The van der Waals surface area contributed by atoms with E-state index in [-0.39, 0.29) is 6.03 Å². The fourth-order valence-corrected chi connectivity index (χ4v) is 2.33. The second kappa shape index (κ2) is 9.96. The van der Waals surface area contributed by atoms with Crippen molar-refractivity contribution in [2.75, 3.05) is 20.2 Å². The molecule has 0 aliphatic heterocycles. The van der Waals surface area contributed by atoms with Crippen LogP contribution in [0.3, 0.4) is 0 Å². The number of rotatable bonds is 8. The molecule has 24 heavy (non-hydrogen) atoms. The monoisotopic (exact) mass is 346 g/mol. The molecule has 0 unspecified atom stereocenters. The third-order valence-electron chi connectivity index (χ3n) is 3.53. The summed E-state index contributed by atoms with van der Waals surface area (Å²) in [5.41, 5.74) is 2.20. The van der Waals surface area contributed by atoms with Gasteiger partial charge in [-0.3, -0.25) is 0 Å². The van der Waals surface area contributed by atoms with Gasteiger partial charge in [0.05, 0.1) is 6.61 Å². The van der Waals surface area contributed by atoms with E-state index in [1.54, 1.807) is 11.9 Å². The van der Waals surface area contributed by atoms with Crippen LogP contribution in [0.2, 0.25) is 5.02 Å². The molecule has 5 heteroatoms. The van der Waals surface area contributed by atoms with Gasteiger partial charge in [-0.25, -0.2) is 4.79 Å². The number of nitrogens with zero attached hydrogens (tertiary/aromatic N) is 1. The summed E-state index contributed by atoms with van der Waals surface area (Å²) in [7, 11) is 1.77. The molecule has 0 saturated heterocycles. The molecule has 0 atom stereocenters. The van der Waals surface area contributed by atoms with Gasteiger partial charge in [0, 0.05) is 31.8 Å². The van der Waals surface area contributed by atoms with Crippen molar-refractivity contribution in [3.8, 4) is 0 Å². The van der Waals surface area contributed by atoms with Crippen LogP contribution in [0.1, 0.15) is 17.5 Å². The molecule has 0 saturated carbocycles. The van der Waals surface area contributed by atoms with Crippen molar-refractivity contribution < 1.29 is 9.53 Å². The highest BCUT2D eigenvalue weighted by molar-refractivity contribution is 6.30. The SMILES string of the molecule is CN(Cc1ccc(Cl)cc1)C(=O)NCCCOCc1ccccc1. The Balaban J connectivity index is 1.58. The van der Waals surface area contributed by atoms with Gasteiger partial charge in [-0.15, -0.1) is 0 Å². The molecular weight excluding hydrogens is 324 g/mol. The van der Waals surface area contributed by atoms with Crippen LogP contribution in [0.4, 0.5) is 4.79 Å². The maximum absolute atomic E-state index is 12.0. The number of amides is 2. The maximum Gasteiger partial charge on any atom is 0.317 e. The van der Waals surface area contributed by atoms with Crippen molar-refractivity contribution in [3.63, 3.8) is 0 Å². The van der Waals surface area contributed by atoms with Crippen molar-refractivity contribution in [1.29, 1.82) is 0 Å². The highest BCUT2D eigenvalue weighted by atomic mass is 35.5. The highest BCUT2D eigenvalue weighted by Crippen LogP contribution is 2.10. The number of urea groups is 1. The van der Waals surface area contributed by atoms with Gasteiger partial charge in [0.1, 0.15) is 0 Å². The van der Waals surface area contributed by atoms with Gasteiger partial charge in [0.15, 0.2) is 0 Å². The molecule has 0 spiro atoms. The predicted octanol–water partition coefficient (Wildman–Crippen LogP) is 4.09. The lowest BCUT2D eigenvalue weighted by Crippen LogP contribution is -2.37.